The molecule has 47 heavy (non-hydrogen) atoms. The molecule has 8 aromatic rings. The number of aliphatic hydroxyl groups is 1. The summed E-state index contributed by atoms with van der Waals surface area (Å²) >= 11 is 1.80. The molecule has 2 aromatic heterocycles. The first-order valence-corrected chi connectivity index (χ1v) is 16.8. The quantitative estimate of drug-likeness (QED) is 0.178. The van der Waals surface area contributed by atoms with E-state index in [2.05, 4.69) is 109 Å². The first-order chi connectivity index (χ1) is 22.7. The molecule has 2 heterocycles. The number of hydrogen-bond donors (Lipinski definition) is 1. The SMILES string of the molecule is CC(C)(O)C(C)(C)OBc1cccc2sc3c(-c4cccc(-c5nc6ccc7cccc(-c8ccccc8)c7c6o5)c4)cccc3c12. The van der Waals surface area contributed by atoms with Gasteiger partial charge in [0.15, 0.2) is 5.58 Å². The third-order valence-corrected chi connectivity index (χ3v) is 10.8. The minimum absolute atomic E-state index is 0.415. The third-order valence-electron chi connectivity index (χ3n) is 9.57. The Kier molecular flexibility index (Phi) is 7.06. The molecule has 0 radical (unpaired) electrons. The van der Waals surface area contributed by atoms with Gasteiger partial charge in [0.25, 0.3) is 0 Å². The van der Waals surface area contributed by atoms with Gasteiger partial charge in [0, 0.05) is 25.7 Å². The van der Waals surface area contributed by atoms with Gasteiger partial charge in [-0.3, -0.25) is 0 Å². The molecule has 6 aromatic carbocycles. The Morgan fingerprint density at radius 2 is 1.43 bits per heavy atom. The van der Waals surface area contributed by atoms with Crippen molar-refractivity contribution in [1.29, 1.82) is 0 Å². The normalized spacial score (nSPS) is 12.4. The van der Waals surface area contributed by atoms with Crippen LogP contribution in [0.2, 0.25) is 0 Å². The van der Waals surface area contributed by atoms with Gasteiger partial charge in [-0.05, 0) is 90.4 Å². The van der Waals surface area contributed by atoms with E-state index in [4.69, 9.17) is 14.1 Å². The van der Waals surface area contributed by atoms with Gasteiger partial charge < -0.3 is 14.2 Å². The lowest BCUT2D eigenvalue weighted by Crippen LogP contribution is -2.49. The predicted molar refractivity (Wildman–Crippen MR) is 199 cm³/mol. The second-order valence-corrected chi connectivity index (χ2v) is 14.3. The maximum Gasteiger partial charge on any atom is 0.310 e. The first-order valence-electron chi connectivity index (χ1n) is 16.0. The van der Waals surface area contributed by atoms with Crippen LogP contribution in [0.1, 0.15) is 27.7 Å². The van der Waals surface area contributed by atoms with Crippen molar-refractivity contribution in [3.8, 4) is 33.7 Å². The summed E-state index contributed by atoms with van der Waals surface area (Å²) in [5.41, 5.74) is 6.59. The summed E-state index contributed by atoms with van der Waals surface area (Å²) in [7, 11) is 0.415. The molecule has 0 bridgehead atoms. The second-order valence-electron chi connectivity index (χ2n) is 13.2. The van der Waals surface area contributed by atoms with Gasteiger partial charge in [-0.25, -0.2) is 4.98 Å². The van der Waals surface area contributed by atoms with E-state index in [1.807, 2.05) is 26.0 Å². The number of oxazole rings is 1. The Hall–Kier alpha value is -4.75. The summed E-state index contributed by atoms with van der Waals surface area (Å²) in [6, 6.07) is 42.4. The smallest absolute Gasteiger partial charge is 0.310 e. The van der Waals surface area contributed by atoms with Crippen LogP contribution in [0.4, 0.5) is 0 Å². The fraction of sp³-hybridized carbons (Fsp3) is 0.146. The number of hydrogen-bond acceptors (Lipinski definition) is 5. The average molecular weight is 632 g/mol. The number of benzene rings is 6. The monoisotopic (exact) mass is 631 g/mol. The van der Waals surface area contributed by atoms with E-state index in [1.165, 1.54) is 25.7 Å². The van der Waals surface area contributed by atoms with Gasteiger partial charge in [0.2, 0.25) is 5.89 Å². The van der Waals surface area contributed by atoms with Gasteiger partial charge >= 0.3 is 7.48 Å². The summed E-state index contributed by atoms with van der Waals surface area (Å²) < 4.78 is 15.4. The van der Waals surface area contributed by atoms with E-state index in [1.54, 1.807) is 25.2 Å². The fourth-order valence-corrected chi connectivity index (χ4v) is 7.55. The number of fused-ring (bicyclic) bond motifs is 6. The van der Waals surface area contributed by atoms with Crippen molar-refractivity contribution in [1.82, 2.24) is 4.98 Å². The predicted octanol–water partition coefficient (Wildman–Crippen LogP) is 9.89. The van der Waals surface area contributed by atoms with Crippen LogP contribution in [0, 0.1) is 0 Å². The van der Waals surface area contributed by atoms with E-state index in [0.717, 1.165) is 49.6 Å². The molecule has 4 nitrogen and oxygen atoms in total. The highest BCUT2D eigenvalue weighted by Crippen LogP contribution is 2.41. The van der Waals surface area contributed by atoms with Gasteiger partial charge in [0.1, 0.15) is 5.52 Å². The molecule has 0 fully saturated rings. The standard InChI is InChI=1S/C41H34BNO3S/c1-40(2,44)41(3,4)46-42-32-20-11-21-34-36(32)31-19-10-18-30(38(31)47-34)27-15-8-16-28(24-27)39-43-33-23-22-26-14-9-17-29(35(26)37(33)45-39)25-12-6-5-7-13-25/h5-24,42,44H,1-4H3. The van der Waals surface area contributed by atoms with Gasteiger partial charge in [-0.1, -0.05) is 97.1 Å². The van der Waals surface area contributed by atoms with Crippen LogP contribution >= 0.6 is 11.3 Å². The van der Waals surface area contributed by atoms with Crippen molar-refractivity contribution in [2.24, 2.45) is 0 Å². The Labute approximate surface area is 278 Å². The lowest BCUT2D eigenvalue weighted by molar-refractivity contribution is -0.0893. The van der Waals surface area contributed by atoms with Crippen LogP contribution in [-0.2, 0) is 4.65 Å². The van der Waals surface area contributed by atoms with Crippen LogP contribution < -0.4 is 5.46 Å². The maximum absolute atomic E-state index is 10.6. The molecule has 0 spiro atoms. The summed E-state index contributed by atoms with van der Waals surface area (Å²) in [5.74, 6) is 0.606. The Balaban J connectivity index is 1.21. The Morgan fingerprint density at radius 3 is 2.26 bits per heavy atom. The second kappa shape index (κ2) is 11.2. The molecule has 8 rings (SSSR count). The van der Waals surface area contributed by atoms with Crippen molar-refractivity contribution in [3.05, 3.63) is 121 Å². The Bertz CT molecular complexity index is 2440. The van der Waals surface area contributed by atoms with Gasteiger partial charge in [-0.15, -0.1) is 11.3 Å². The molecule has 0 aliphatic rings. The van der Waals surface area contributed by atoms with Crippen LogP contribution in [0.15, 0.2) is 126 Å². The molecule has 0 unspecified atom stereocenters. The van der Waals surface area contributed by atoms with Gasteiger partial charge in [0.05, 0.1) is 11.2 Å². The molecule has 0 saturated heterocycles. The summed E-state index contributed by atoms with van der Waals surface area (Å²) in [6.45, 7) is 7.45. The molecule has 0 atom stereocenters. The number of rotatable bonds is 7. The van der Waals surface area contributed by atoms with Crippen molar-refractivity contribution >= 4 is 66.3 Å². The lowest BCUT2D eigenvalue weighted by atomic mass is 9.80. The van der Waals surface area contributed by atoms with Crippen LogP contribution in [0.3, 0.4) is 0 Å². The highest BCUT2D eigenvalue weighted by Gasteiger charge is 2.36. The van der Waals surface area contributed by atoms with Crippen LogP contribution in [0.25, 0.3) is 75.8 Å². The first kappa shape index (κ1) is 29.6. The molecule has 1 N–H and O–H groups in total. The van der Waals surface area contributed by atoms with E-state index in [-0.39, 0.29) is 0 Å². The minimum Gasteiger partial charge on any atom is -0.435 e. The highest BCUT2D eigenvalue weighted by molar-refractivity contribution is 7.26. The molecule has 0 aliphatic heterocycles. The zero-order chi connectivity index (χ0) is 32.3. The Morgan fingerprint density at radius 1 is 0.702 bits per heavy atom. The van der Waals surface area contributed by atoms with E-state index in [9.17, 15) is 5.11 Å². The molecule has 6 heteroatoms. The lowest BCUT2D eigenvalue weighted by Gasteiger charge is -2.37. The van der Waals surface area contributed by atoms with Crippen molar-refractivity contribution in [3.63, 3.8) is 0 Å². The summed E-state index contributed by atoms with van der Waals surface area (Å²) in [4.78, 5) is 4.97. The number of nitrogens with zero attached hydrogens (tertiary/aromatic N) is 1. The molecular formula is C41H34BNO3S. The maximum atomic E-state index is 10.6. The zero-order valence-corrected chi connectivity index (χ0v) is 27.7. The highest BCUT2D eigenvalue weighted by atomic mass is 32.1. The fourth-order valence-electron chi connectivity index (χ4n) is 6.26. The van der Waals surface area contributed by atoms with Gasteiger partial charge in [-0.2, -0.15) is 0 Å². The van der Waals surface area contributed by atoms with E-state index < -0.39 is 11.2 Å². The average Bonchev–Trinajstić information content (AvgIpc) is 3.69. The van der Waals surface area contributed by atoms with Crippen LogP contribution in [-0.4, -0.2) is 28.8 Å². The van der Waals surface area contributed by atoms with Crippen molar-refractivity contribution in [2.45, 2.75) is 38.9 Å². The molecule has 0 amide bonds. The molecule has 0 saturated carbocycles. The zero-order valence-electron chi connectivity index (χ0n) is 26.9. The molecule has 230 valence electrons. The summed E-state index contributed by atoms with van der Waals surface area (Å²) in [6.07, 6.45) is 0. The minimum atomic E-state index is -0.970. The van der Waals surface area contributed by atoms with Crippen LogP contribution in [0.5, 0.6) is 0 Å². The largest absolute Gasteiger partial charge is 0.435 e. The number of aromatic nitrogens is 1. The third kappa shape index (κ3) is 5.14. The topological polar surface area (TPSA) is 55.5 Å². The number of thiophene rings is 1. The van der Waals surface area contributed by atoms with E-state index in [0.29, 0.717) is 13.4 Å². The van der Waals surface area contributed by atoms with E-state index >= 15 is 0 Å². The molecule has 0 aliphatic carbocycles. The van der Waals surface area contributed by atoms with Crippen molar-refractivity contribution in [2.75, 3.05) is 0 Å². The summed E-state index contributed by atoms with van der Waals surface area (Å²) in [5, 5.41) is 15.3. The molecular weight excluding hydrogens is 597 g/mol. The van der Waals surface area contributed by atoms with Crippen molar-refractivity contribution < 1.29 is 14.2 Å².